The molecule has 2 aromatic carbocycles. The molecule has 19 heavy (non-hydrogen) atoms. The van der Waals surface area contributed by atoms with Gasteiger partial charge in [-0.3, -0.25) is 0 Å². The van der Waals surface area contributed by atoms with Crippen LogP contribution in [0.1, 0.15) is 0 Å². The van der Waals surface area contributed by atoms with Gasteiger partial charge in [0.1, 0.15) is 5.82 Å². The molecule has 3 aromatic rings. The minimum absolute atomic E-state index is 0.211. The highest BCUT2D eigenvalue weighted by molar-refractivity contribution is 6.31. The summed E-state index contributed by atoms with van der Waals surface area (Å²) in [5.74, 6) is 0.665. The summed E-state index contributed by atoms with van der Waals surface area (Å²) in [5.41, 5.74) is 1.65. The van der Waals surface area contributed by atoms with Crippen LogP contribution >= 0.6 is 23.2 Å². The molecule has 1 heterocycles. The lowest BCUT2D eigenvalue weighted by Gasteiger charge is -2.09. The Morgan fingerprint density at radius 3 is 2.58 bits per heavy atom. The van der Waals surface area contributed by atoms with Crippen molar-refractivity contribution < 1.29 is 0 Å². The average molecular weight is 290 g/mol. The molecular weight excluding hydrogens is 281 g/mol. The van der Waals surface area contributed by atoms with Crippen LogP contribution in [-0.4, -0.2) is 9.97 Å². The summed E-state index contributed by atoms with van der Waals surface area (Å²) in [6, 6.07) is 15.1. The molecule has 0 aliphatic rings. The van der Waals surface area contributed by atoms with Crippen molar-refractivity contribution in [2.24, 2.45) is 0 Å². The van der Waals surface area contributed by atoms with Crippen LogP contribution in [-0.2, 0) is 0 Å². The van der Waals surface area contributed by atoms with E-state index in [0.29, 0.717) is 10.8 Å². The molecule has 0 amide bonds. The topological polar surface area (TPSA) is 37.8 Å². The maximum atomic E-state index is 5.96. The van der Waals surface area contributed by atoms with Crippen LogP contribution in [0.4, 0.5) is 11.5 Å². The minimum atomic E-state index is 0.211. The van der Waals surface area contributed by atoms with Gasteiger partial charge < -0.3 is 5.32 Å². The van der Waals surface area contributed by atoms with Gasteiger partial charge in [0.05, 0.1) is 5.52 Å². The predicted octanol–water partition coefficient (Wildman–Crippen LogP) is 4.68. The number of rotatable bonds is 2. The average Bonchev–Trinajstić information content (AvgIpc) is 2.38. The van der Waals surface area contributed by atoms with E-state index in [2.05, 4.69) is 15.3 Å². The van der Waals surface area contributed by atoms with Gasteiger partial charge in [0, 0.05) is 16.1 Å². The number of para-hydroxylation sites is 1. The van der Waals surface area contributed by atoms with Gasteiger partial charge >= 0.3 is 0 Å². The molecule has 0 spiro atoms. The van der Waals surface area contributed by atoms with E-state index in [4.69, 9.17) is 23.2 Å². The summed E-state index contributed by atoms with van der Waals surface area (Å²) in [6.45, 7) is 0. The van der Waals surface area contributed by atoms with Crippen LogP contribution < -0.4 is 5.32 Å². The molecule has 3 rings (SSSR count). The summed E-state index contributed by atoms with van der Waals surface area (Å²) in [6.07, 6.45) is 0. The van der Waals surface area contributed by atoms with Gasteiger partial charge in [-0.1, -0.05) is 29.8 Å². The van der Waals surface area contributed by atoms with Crippen molar-refractivity contribution in [1.29, 1.82) is 0 Å². The quantitative estimate of drug-likeness (QED) is 0.696. The summed E-state index contributed by atoms with van der Waals surface area (Å²) in [5, 5.41) is 4.99. The number of hydrogen-bond acceptors (Lipinski definition) is 3. The number of aromatic nitrogens is 2. The standard InChI is InChI=1S/C14H9Cl2N3/c15-9-4-3-5-10(8-9)17-13-11-6-1-2-7-12(11)18-14(16)19-13/h1-8H,(H,17,18,19). The Balaban J connectivity index is 2.09. The Labute approximate surface area is 120 Å². The summed E-state index contributed by atoms with van der Waals surface area (Å²) in [7, 11) is 0. The number of halogens is 2. The zero-order chi connectivity index (χ0) is 13.2. The maximum Gasteiger partial charge on any atom is 0.224 e. The van der Waals surface area contributed by atoms with E-state index in [1.54, 1.807) is 0 Å². The lowest BCUT2D eigenvalue weighted by Crippen LogP contribution is -1.97. The first-order chi connectivity index (χ1) is 9.22. The first kappa shape index (κ1) is 12.2. The fourth-order valence-electron chi connectivity index (χ4n) is 1.85. The third-order valence-corrected chi connectivity index (χ3v) is 3.07. The molecule has 1 N–H and O–H groups in total. The van der Waals surface area contributed by atoms with E-state index in [9.17, 15) is 0 Å². The van der Waals surface area contributed by atoms with Crippen molar-refractivity contribution in [2.75, 3.05) is 5.32 Å². The monoisotopic (exact) mass is 289 g/mol. The number of benzene rings is 2. The van der Waals surface area contributed by atoms with Gasteiger partial charge in [-0.2, -0.15) is 4.98 Å². The third-order valence-electron chi connectivity index (χ3n) is 2.66. The summed E-state index contributed by atoms with van der Waals surface area (Å²) in [4.78, 5) is 8.41. The molecule has 0 atom stereocenters. The van der Waals surface area contributed by atoms with Crippen LogP contribution in [0.5, 0.6) is 0 Å². The van der Waals surface area contributed by atoms with Crippen LogP contribution in [0.3, 0.4) is 0 Å². The highest BCUT2D eigenvalue weighted by atomic mass is 35.5. The second kappa shape index (κ2) is 5.03. The molecule has 0 unspecified atom stereocenters. The number of nitrogens with one attached hydrogen (secondary N) is 1. The first-order valence-electron chi connectivity index (χ1n) is 5.67. The minimum Gasteiger partial charge on any atom is -0.340 e. The van der Waals surface area contributed by atoms with Crippen molar-refractivity contribution in [3.8, 4) is 0 Å². The lowest BCUT2D eigenvalue weighted by molar-refractivity contribution is 1.22. The van der Waals surface area contributed by atoms with E-state index in [0.717, 1.165) is 16.6 Å². The molecule has 0 bridgehead atoms. The van der Waals surface area contributed by atoms with Crippen molar-refractivity contribution in [1.82, 2.24) is 9.97 Å². The molecule has 1 aromatic heterocycles. The largest absolute Gasteiger partial charge is 0.340 e. The van der Waals surface area contributed by atoms with Gasteiger partial charge in [0.15, 0.2) is 0 Å². The molecule has 3 nitrogen and oxygen atoms in total. The Kier molecular flexibility index (Phi) is 3.23. The number of fused-ring (bicyclic) bond motifs is 1. The van der Waals surface area contributed by atoms with E-state index in [-0.39, 0.29) is 5.28 Å². The van der Waals surface area contributed by atoms with Crippen LogP contribution in [0, 0.1) is 0 Å². The van der Waals surface area contributed by atoms with Gasteiger partial charge in [-0.15, -0.1) is 0 Å². The summed E-state index contributed by atoms with van der Waals surface area (Å²) < 4.78 is 0. The number of nitrogens with zero attached hydrogens (tertiary/aromatic N) is 2. The second-order valence-electron chi connectivity index (χ2n) is 3.99. The smallest absolute Gasteiger partial charge is 0.224 e. The zero-order valence-electron chi connectivity index (χ0n) is 9.77. The SMILES string of the molecule is Clc1cccc(Nc2nc(Cl)nc3ccccc23)c1. The second-order valence-corrected chi connectivity index (χ2v) is 4.77. The Morgan fingerprint density at radius 1 is 0.895 bits per heavy atom. The molecule has 0 saturated heterocycles. The van der Waals surface area contributed by atoms with Gasteiger partial charge in [-0.05, 0) is 41.9 Å². The van der Waals surface area contributed by atoms with Crippen molar-refractivity contribution >= 4 is 45.6 Å². The molecule has 94 valence electrons. The predicted molar refractivity (Wildman–Crippen MR) is 79.3 cm³/mol. The zero-order valence-corrected chi connectivity index (χ0v) is 11.3. The molecule has 0 aliphatic heterocycles. The van der Waals surface area contributed by atoms with Crippen LogP contribution in [0.2, 0.25) is 10.3 Å². The molecule has 0 radical (unpaired) electrons. The molecular formula is C14H9Cl2N3. The molecule has 0 saturated carbocycles. The highest BCUT2D eigenvalue weighted by Crippen LogP contribution is 2.26. The van der Waals surface area contributed by atoms with Crippen molar-refractivity contribution in [3.05, 3.63) is 58.8 Å². The van der Waals surface area contributed by atoms with Crippen molar-refractivity contribution in [2.45, 2.75) is 0 Å². The fraction of sp³-hybridized carbons (Fsp3) is 0. The maximum absolute atomic E-state index is 5.96. The third kappa shape index (κ3) is 2.62. The van der Waals surface area contributed by atoms with Crippen molar-refractivity contribution in [3.63, 3.8) is 0 Å². The van der Waals surface area contributed by atoms with Crippen LogP contribution in [0.25, 0.3) is 10.9 Å². The number of anilines is 2. The van der Waals surface area contributed by atoms with E-state index < -0.39 is 0 Å². The highest BCUT2D eigenvalue weighted by Gasteiger charge is 2.06. The molecule has 0 aliphatic carbocycles. The van der Waals surface area contributed by atoms with E-state index in [1.807, 2.05) is 48.5 Å². The van der Waals surface area contributed by atoms with Gasteiger partial charge in [-0.25, -0.2) is 4.98 Å². The fourth-order valence-corrected chi connectivity index (χ4v) is 2.21. The molecule has 5 heteroatoms. The van der Waals surface area contributed by atoms with Crippen LogP contribution in [0.15, 0.2) is 48.5 Å². The Morgan fingerprint density at radius 2 is 1.74 bits per heavy atom. The molecule has 0 fully saturated rings. The Bertz CT molecular complexity index is 744. The summed E-state index contributed by atoms with van der Waals surface area (Å²) >= 11 is 11.9. The Hall–Kier alpha value is -1.84. The van der Waals surface area contributed by atoms with E-state index >= 15 is 0 Å². The first-order valence-corrected chi connectivity index (χ1v) is 6.43. The van der Waals surface area contributed by atoms with Gasteiger partial charge in [0.2, 0.25) is 5.28 Å². The normalized spacial score (nSPS) is 10.6. The lowest BCUT2D eigenvalue weighted by atomic mass is 10.2. The number of hydrogen-bond donors (Lipinski definition) is 1. The van der Waals surface area contributed by atoms with Gasteiger partial charge in [0.25, 0.3) is 0 Å². The van der Waals surface area contributed by atoms with E-state index in [1.165, 1.54) is 0 Å².